The third kappa shape index (κ3) is 6.77. The number of ether oxygens (including phenoxy) is 3. The quantitative estimate of drug-likeness (QED) is 0.162. The Balaban J connectivity index is 1.59. The smallest absolute Gasteiger partial charge is 0.345 e. The summed E-state index contributed by atoms with van der Waals surface area (Å²) in [5.74, 6) is -0.458. The summed E-state index contributed by atoms with van der Waals surface area (Å²) >= 11 is 23.8. The van der Waals surface area contributed by atoms with E-state index in [0.29, 0.717) is 15.6 Å². The lowest BCUT2D eigenvalue weighted by molar-refractivity contribution is -0.123. The second kappa shape index (κ2) is 11.9. The molecular weight excluding hydrogens is 526 g/mol. The van der Waals surface area contributed by atoms with Crippen LogP contribution in [-0.2, 0) is 4.79 Å². The zero-order chi connectivity index (χ0) is 24.7. The Hall–Kier alpha value is -2.97. The van der Waals surface area contributed by atoms with Gasteiger partial charge in [-0.3, -0.25) is 4.79 Å². The molecule has 11 heteroatoms. The Morgan fingerprint density at radius 3 is 2.47 bits per heavy atom. The SMILES string of the molecule is COc1cc(/C=N\NC(=O)COc2cccc(Cl)c2Cl)ccc1OC(=O)c1ccc(Cl)cc1Cl. The van der Waals surface area contributed by atoms with Crippen LogP contribution in [0.3, 0.4) is 0 Å². The number of hydrogen-bond acceptors (Lipinski definition) is 6. The first kappa shape index (κ1) is 25.6. The molecule has 0 aromatic heterocycles. The van der Waals surface area contributed by atoms with Gasteiger partial charge >= 0.3 is 5.97 Å². The van der Waals surface area contributed by atoms with Crippen molar-refractivity contribution in [2.45, 2.75) is 0 Å². The van der Waals surface area contributed by atoms with Gasteiger partial charge in [0.1, 0.15) is 10.8 Å². The molecule has 0 unspecified atom stereocenters. The average Bonchev–Trinajstić information content (AvgIpc) is 2.80. The monoisotopic (exact) mass is 540 g/mol. The number of methoxy groups -OCH3 is 1. The van der Waals surface area contributed by atoms with Gasteiger partial charge in [-0.1, -0.05) is 52.5 Å². The Labute approximate surface area is 215 Å². The molecule has 7 nitrogen and oxygen atoms in total. The van der Waals surface area contributed by atoms with Crippen LogP contribution in [0.4, 0.5) is 0 Å². The van der Waals surface area contributed by atoms with E-state index >= 15 is 0 Å². The number of rotatable bonds is 8. The molecule has 0 aliphatic rings. The average molecular weight is 542 g/mol. The van der Waals surface area contributed by atoms with Gasteiger partial charge in [-0.15, -0.1) is 0 Å². The Morgan fingerprint density at radius 2 is 1.74 bits per heavy atom. The molecular formula is C23H16Cl4N2O5. The summed E-state index contributed by atoms with van der Waals surface area (Å²) in [4.78, 5) is 24.4. The molecule has 0 atom stereocenters. The topological polar surface area (TPSA) is 86.2 Å². The van der Waals surface area contributed by atoms with E-state index in [-0.39, 0.29) is 39.5 Å². The lowest BCUT2D eigenvalue weighted by atomic mass is 10.2. The van der Waals surface area contributed by atoms with Crippen molar-refractivity contribution in [3.63, 3.8) is 0 Å². The Kier molecular flexibility index (Phi) is 9.01. The van der Waals surface area contributed by atoms with E-state index in [1.54, 1.807) is 30.3 Å². The van der Waals surface area contributed by atoms with E-state index in [1.165, 1.54) is 37.6 Å². The molecule has 0 heterocycles. The van der Waals surface area contributed by atoms with Crippen molar-refractivity contribution in [3.8, 4) is 17.2 Å². The van der Waals surface area contributed by atoms with Gasteiger partial charge in [-0.2, -0.15) is 5.10 Å². The first-order valence-electron chi connectivity index (χ1n) is 9.52. The van der Waals surface area contributed by atoms with Gasteiger partial charge in [0, 0.05) is 5.02 Å². The van der Waals surface area contributed by atoms with E-state index in [4.69, 9.17) is 60.6 Å². The van der Waals surface area contributed by atoms with Crippen molar-refractivity contribution < 1.29 is 23.8 Å². The fourth-order valence-corrected chi connectivity index (χ4v) is 3.44. The number of nitrogens with zero attached hydrogens (tertiary/aromatic N) is 1. The zero-order valence-corrected chi connectivity index (χ0v) is 20.5. The normalized spacial score (nSPS) is 10.7. The van der Waals surface area contributed by atoms with E-state index in [0.717, 1.165) is 0 Å². The summed E-state index contributed by atoms with van der Waals surface area (Å²) in [6, 6.07) is 14.0. The molecule has 0 aliphatic carbocycles. The van der Waals surface area contributed by atoms with Gasteiger partial charge in [0.2, 0.25) is 0 Å². The van der Waals surface area contributed by atoms with Crippen molar-refractivity contribution in [2.24, 2.45) is 5.10 Å². The maximum Gasteiger partial charge on any atom is 0.345 e. The van der Waals surface area contributed by atoms with Gasteiger partial charge in [0.25, 0.3) is 5.91 Å². The molecule has 0 fully saturated rings. The Morgan fingerprint density at radius 1 is 0.941 bits per heavy atom. The molecule has 0 saturated carbocycles. The molecule has 34 heavy (non-hydrogen) atoms. The molecule has 0 saturated heterocycles. The summed E-state index contributed by atoms with van der Waals surface area (Å²) in [5, 5.41) is 4.96. The van der Waals surface area contributed by atoms with Gasteiger partial charge in [0.05, 0.1) is 28.9 Å². The second-order valence-corrected chi connectivity index (χ2v) is 8.19. The van der Waals surface area contributed by atoms with Crippen LogP contribution in [0.2, 0.25) is 20.1 Å². The van der Waals surface area contributed by atoms with Crippen LogP contribution in [0.25, 0.3) is 0 Å². The highest BCUT2D eigenvalue weighted by Crippen LogP contribution is 2.31. The highest BCUT2D eigenvalue weighted by atomic mass is 35.5. The van der Waals surface area contributed by atoms with Crippen molar-refractivity contribution in [3.05, 3.63) is 85.8 Å². The maximum absolute atomic E-state index is 12.4. The van der Waals surface area contributed by atoms with Gasteiger partial charge in [0.15, 0.2) is 18.1 Å². The number of benzene rings is 3. The van der Waals surface area contributed by atoms with E-state index < -0.39 is 11.9 Å². The van der Waals surface area contributed by atoms with Crippen LogP contribution in [0.15, 0.2) is 59.7 Å². The summed E-state index contributed by atoms with van der Waals surface area (Å²) in [5.41, 5.74) is 3.05. The predicted octanol–water partition coefficient (Wildman–Crippen LogP) is 6.06. The number of amides is 1. The number of halogens is 4. The third-order valence-electron chi connectivity index (χ3n) is 4.22. The van der Waals surface area contributed by atoms with Crippen LogP contribution in [0, 0.1) is 0 Å². The fraction of sp³-hybridized carbons (Fsp3) is 0.0870. The summed E-state index contributed by atoms with van der Waals surface area (Å²) in [6.45, 7) is -0.317. The molecule has 0 radical (unpaired) electrons. The lowest BCUT2D eigenvalue weighted by Gasteiger charge is -2.11. The summed E-state index contributed by atoms with van der Waals surface area (Å²) < 4.78 is 16.0. The molecule has 3 aromatic rings. The maximum atomic E-state index is 12.4. The first-order valence-corrected chi connectivity index (χ1v) is 11.0. The lowest BCUT2D eigenvalue weighted by Crippen LogP contribution is -2.24. The number of carbonyl (C=O) groups is 2. The Bertz CT molecular complexity index is 1250. The number of hydrogen-bond donors (Lipinski definition) is 1. The number of esters is 1. The van der Waals surface area contributed by atoms with Gasteiger partial charge in [-0.05, 0) is 54.1 Å². The fourth-order valence-electron chi connectivity index (χ4n) is 2.61. The molecule has 1 amide bonds. The molecule has 0 aliphatic heterocycles. The summed E-state index contributed by atoms with van der Waals surface area (Å²) in [7, 11) is 1.42. The van der Waals surface area contributed by atoms with Gasteiger partial charge in [-0.25, -0.2) is 10.2 Å². The first-order chi connectivity index (χ1) is 16.3. The van der Waals surface area contributed by atoms with E-state index in [2.05, 4.69) is 10.5 Å². The molecule has 0 bridgehead atoms. The van der Waals surface area contributed by atoms with Gasteiger partial charge < -0.3 is 14.2 Å². The second-order valence-electron chi connectivity index (χ2n) is 6.56. The minimum Gasteiger partial charge on any atom is -0.493 e. The minimum atomic E-state index is -0.673. The van der Waals surface area contributed by atoms with Crippen LogP contribution >= 0.6 is 46.4 Å². The van der Waals surface area contributed by atoms with E-state index in [9.17, 15) is 9.59 Å². The highest BCUT2D eigenvalue weighted by Gasteiger charge is 2.16. The zero-order valence-electron chi connectivity index (χ0n) is 17.5. The van der Waals surface area contributed by atoms with Crippen molar-refractivity contribution in [2.75, 3.05) is 13.7 Å². The number of hydrazone groups is 1. The van der Waals surface area contributed by atoms with Crippen LogP contribution in [0.5, 0.6) is 17.2 Å². The predicted molar refractivity (Wildman–Crippen MR) is 132 cm³/mol. The summed E-state index contributed by atoms with van der Waals surface area (Å²) in [6.07, 6.45) is 1.38. The van der Waals surface area contributed by atoms with Crippen LogP contribution in [0.1, 0.15) is 15.9 Å². The number of carbonyl (C=O) groups excluding carboxylic acids is 2. The molecule has 1 N–H and O–H groups in total. The third-order valence-corrected chi connectivity index (χ3v) is 5.57. The van der Waals surface area contributed by atoms with E-state index in [1.807, 2.05) is 0 Å². The number of nitrogens with one attached hydrogen (secondary N) is 1. The van der Waals surface area contributed by atoms with Crippen LogP contribution in [-0.4, -0.2) is 31.8 Å². The standard InChI is InChI=1S/C23H16Cl4N2O5/c1-32-20-9-13(5-8-18(20)34-23(31)15-7-6-14(24)10-17(15)26)11-28-29-21(30)12-33-19-4-2-3-16(25)22(19)27/h2-11H,12H2,1H3,(H,29,30)/b28-11-. The van der Waals surface area contributed by atoms with Crippen molar-refractivity contribution >= 4 is 64.5 Å². The van der Waals surface area contributed by atoms with Crippen LogP contribution < -0.4 is 19.6 Å². The molecule has 3 aromatic carbocycles. The highest BCUT2D eigenvalue weighted by molar-refractivity contribution is 6.43. The van der Waals surface area contributed by atoms with Crippen molar-refractivity contribution in [1.82, 2.24) is 5.43 Å². The molecule has 176 valence electrons. The van der Waals surface area contributed by atoms with Crippen molar-refractivity contribution in [1.29, 1.82) is 0 Å². The molecule has 0 spiro atoms. The minimum absolute atomic E-state index is 0.155. The molecule has 3 rings (SSSR count). The largest absolute Gasteiger partial charge is 0.493 e.